The van der Waals surface area contributed by atoms with Gasteiger partial charge in [0.05, 0.1) is 10.9 Å². The molecule has 0 radical (unpaired) electrons. The van der Waals surface area contributed by atoms with Crippen molar-refractivity contribution in [2.24, 2.45) is 0 Å². The minimum atomic E-state index is -3.67. The second-order valence-electron chi connectivity index (χ2n) is 5.25. The average molecular weight is 333 g/mol. The molecule has 0 aliphatic rings. The third-order valence-electron chi connectivity index (χ3n) is 3.34. The fraction of sp³-hybridized carbons (Fsp3) is 0.235. The van der Waals surface area contributed by atoms with Crippen LogP contribution in [0.25, 0.3) is 0 Å². The molecule has 23 heavy (non-hydrogen) atoms. The summed E-state index contributed by atoms with van der Waals surface area (Å²) < 4.78 is 32.3. The van der Waals surface area contributed by atoms with Crippen LogP contribution in [0.1, 0.15) is 11.1 Å². The number of carbonyl (C=O) groups is 1. The highest BCUT2D eigenvalue weighted by Gasteiger charge is 2.20. The molecular formula is C17H19NO4S. The molecule has 0 unspecified atom stereocenters. The maximum Gasteiger partial charge on any atom is 0.293 e. The van der Waals surface area contributed by atoms with Gasteiger partial charge in [0.25, 0.3) is 6.47 Å². The van der Waals surface area contributed by atoms with Gasteiger partial charge in [-0.05, 0) is 31.0 Å². The molecule has 0 aliphatic carbocycles. The van der Waals surface area contributed by atoms with E-state index in [4.69, 9.17) is 4.74 Å². The van der Waals surface area contributed by atoms with E-state index in [9.17, 15) is 13.2 Å². The molecule has 0 heterocycles. The van der Waals surface area contributed by atoms with E-state index in [2.05, 4.69) is 4.72 Å². The first-order valence-corrected chi connectivity index (χ1v) is 8.68. The zero-order valence-electron chi connectivity index (χ0n) is 12.8. The number of ether oxygens (including phenoxy) is 1. The normalized spacial score (nSPS) is 12.6. The molecule has 0 saturated carbocycles. The second kappa shape index (κ2) is 7.89. The topological polar surface area (TPSA) is 72.5 Å². The van der Waals surface area contributed by atoms with Gasteiger partial charge < -0.3 is 4.74 Å². The van der Waals surface area contributed by atoms with Crippen molar-refractivity contribution in [3.05, 3.63) is 65.7 Å². The Bertz CT molecular complexity index is 727. The Kier molecular flexibility index (Phi) is 5.90. The van der Waals surface area contributed by atoms with E-state index >= 15 is 0 Å². The van der Waals surface area contributed by atoms with Crippen molar-refractivity contribution in [2.45, 2.75) is 24.3 Å². The van der Waals surface area contributed by atoms with Gasteiger partial charge in [-0.1, -0.05) is 48.0 Å². The molecule has 0 aromatic heterocycles. The van der Waals surface area contributed by atoms with Crippen molar-refractivity contribution in [3.63, 3.8) is 0 Å². The van der Waals surface area contributed by atoms with Gasteiger partial charge in [-0.25, -0.2) is 13.1 Å². The second-order valence-corrected chi connectivity index (χ2v) is 6.96. The van der Waals surface area contributed by atoms with Crippen LogP contribution in [0.5, 0.6) is 0 Å². The molecule has 0 amide bonds. The average Bonchev–Trinajstić information content (AvgIpc) is 2.54. The van der Waals surface area contributed by atoms with E-state index in [0.29, 0.717) is 12.9 Å². The van der Waals surface area contributed by atoms with Gasteiger partial charge in [-0.2, -0.15) is 0 Å². The molecule has 2 aromatic rings. The number of rotatable bonds is 8. The highest BCUT2D eigenvalue weighted by Crippen LogP contribution is 2.12. The summed E-state index contributed by atoms with van der Waals surface area (Å²) in [7, 11) is -3.67. The smallest absolute Gasteiger partial charge is 0.293 e. The number of sulfonamides is 1. The summed E-state index contributed by atoms with van der Waals surface area (Å²) in [6.07, 6.45) is 0.430. The van der Waals surface area contributed by atoms with E-state index in [1.54, 1.807) is 24.3 Å². The van der Waals surface area contributed by atoms with Gasteiger partial charge in [-0.3, -0.25) is 4.79 Å². The van der Waals surface area contributed by atoms with Crippen molar-refractivity contribution in [1.29, 1.82) is 0 Å². The summed E-state index contributed by atoms with van der Waals surface area (Å²) in [4.78, 5) is 10.6. The number of benzene rings is 2. The highest BCUT2D eigenvalue weighted by molar-refractivity contribution is 7.89. The van der Waals surface area contributed by atoms with Crippen LogP contribution in [0, 0.1) is 6.92 Å². The zero-order chi connectivity index (χ0) is 16.7. The monoisotopic (exact) mass is 333 g/mol. The Morgan fingerprint density at radius 2 is 1.74 bits per heavy atom. The van der Waals surface area contributed by atoms with Crippen molar-refractivity contribution in [3.8, 4) is 0 Å². The maximum atomic E-state index is 12.5. The van der Waals surface area contributed by atoms with Gasteiger partial charge in [0.1, 0.15) is 6.61 Å². The number of hydrogen-bond acceptors (Lipinski definition) is 4. The largest absolute Gasteiger partial charge is 0.466 e. The van der Waals surface area contributed by atoms with Gasteiger partial charge >= 0.3 is 0 Å². The Hall–Kier alpha value is -2.18. The summed E-state index contributed by atoms with van der Waals surface area (Å²) in [6.45, 7) is 2.18. The Labute approximate surface area is 136 Å². The molecule has 5 nitrogen and oxygen atoms in total. The first-order chi connectivity index (χ1) is 11.0. The Morgan fingerprint density at radius 1 is 1.09 bits per heavy atom. The minimum Gasteiger partial charge on any atom is -0.466 e. The lowest BCUT2D eigenvalue weighted by molar-refractivity contribution is -0.129. The molecule has 0 aliphatic heterocycles. The van der Waals surface area contributed by atoms with Crippen LogP contribution < -0.4 is 4.72 Å². The third-order valence-corrected chi connectivity index (χ3v) is 4.88. The first-order valence-electron chi connectivity index (χ1n) is 7.19. The van der Waals surface area contributed by atoms with Crippen LogP contribution in [0.4, 0.5) is 0 Å². The molecule has 0 spiro atoms. The summed E-state index contributed by atoms with van der Waals surface area (Å²) in [5.74, 6) is 0. The number of carbonyl (C=O) groups excluding carboxylic acids is 1. The molecule has 122 valence electrons. The molecule has 0 saturated heterocycles. The molecule has 0 bridgehead atoms. The van der Waals surface area contributed by atoms with Gasteiger partial charge in [0, 0.05) is 0 Å². The number of aryl methyl sites for hydroxylation is 1. The Morgan fingerprint density at radius 3 is 2.35 bits per heavy atom. The van der Waals surface area contributed by atoms with Gasteiger partial charge in [0.15, 0.2) is 0 Å². The van der Waals surface area contributed by atoms with Crippen molar-refractivity contribution in [1.82, 2.24) is 4.72 Å². The van der Waals surface area contributed by atoms with E-state index in [1.165, 1.54) is 0 Å². The predicted molar refractivity (Wildman–Crippen MR) is 87.5 cm³/mol. The van der Waals surface area contributed by atoms with Crippen LogP contribution in [0.15, 0.2) is 59.5 Å². The van der Waals surface area contributed by atoms with Crippen LogP contribution in [0.2, 0.25) is 0 Å². The molecule has 2 aromatic carbocycles. The third kappa shape index (κ3) is 5.19. The molecule has 0 fully saturated rings. The SMILES string of the molecule is Cc1ccc(S(=O)(=O)N[C@@H](COC=O)Cc2ccccc2)cc1. The van der Waals surface area contributed by atoms with Crippen LogP contribution in [-0.4, -0.2) is 27.5 Å². The minimum absolute atomic E-state index is 0.0243. The standard InChI is InChI=1S/C17H19NO4S/c1-14-7-9-17(10-8-14)23(20,21)18-16(12-22-13-19)11-15-5-3-2-4-6-15/h2-10,13,16,18H,11-12H2,1H3/t16-/m1/s1. The van der Waals surface area contributed by atoms with Crippen LogP contribution in [0.3, 0.4) is 0 Å². The molecule has 6 heteroatoms. The molecule has 1 atom stereocenters. The van der Waals surface area contributed by atoms with Gasteiger partial charge in [-0.15, -0.1) is 0 Å². The lowest BCUT2D eigenvalue weighted by atomic mass is 10.1. The zero-order valence-corrected chi connectivity index (χ0v) is 13.6. The van der Waals surface area contributed by atoms with Gasteiger partial charge in [0.2, 0.25) is 10.0 Å². The Balaban J connectivity index is 2.15. The molecule has 1 N–H and O–H groups in total. The molecular weight excluding hydrogens is 314 g/mol. The van der Waals surface area contributed by atoms with E-state index < -0.39 is 16.1 Å². The maximum absolute atomic E-state index is 12.5. The summed E-state index contributed by atoms with van der Waals surface area (Å²) in [6, 6.07) is 15.5. The van der Waals surface area contributed by atoms with E-state index in [1.807, 2.05) is 37.3 Å². The molecule has 2 rings (SSSR count). The lowest BCUT2D eigenvalue weighted by Gasteiger charge is -2.18. The number of nitrogens with one attached hydrogen (secondary N) is 1. The first kappa shape index (κ1) is 17.2. The van der Waals surface area contributed by atoms with Crippen molar-refractivity contribution < 1.29 is 17.9 Å². The number of hydrogen-bond donors (Lipinski definition) is 1. The summed E-state index contributed by atoms with van der Waals surface area (Å²) in [5.41, 5.74) is 1.94. The quantitative estimate of drug-likeness (QED) is 0.751. The van der Waals surface area contributed by atoms with Crippen LogP contribution >= 0.6 is 0 Å². The van der Waals surface area contributed by atoms with Crippen molar-refractivity contribution in [2.75, 3.05) is 6.61 Å². The highest BCUT2D eigenvalue weighted by atomic mass is 32.2. The van der Waals surface area contributed by atoms with E-state index in [-0.39, 0.29) is 11.5 Å². The van der Waals surface area contributed by atoms with Crippen LogP contribution in [-0.2, 0) is 26.0 Å². The summed E-state index contributed by atoms with van der Waals surface area (Å²) in [5, 5.41) is 0. The fourth-order valence-electron chi connectivity index (χ4n) is 2.19. The van der Waals surface area contributed by atoms with Crippen molar-refractivity contribution >= 4 is 16.5 Å². The fourth-order valence-corrected chi connectivity index (χ4v) is 3.41. The lowest BCUT2D eigenvalue weighted by Crippen LogP contribution is -2.39. The van der Waals surface area contributed by atoms with E-state index in [0.717, 1.165) is 11.1 Å². The summed E-state index contributed by atoms with van der Waals surface area (Å²) >= 11 is 0. The predicted octanol–water partition coefficient (Wildman–Crippen LogP) is 2.06.